The van der Waals surface area contributed by atoms with Gasteiger partial charge in [-0.05, 0) is 36.8 Å². The molecule has 7 heteroatoms. The van der Waals surface area contributed by atoms with Crippen molar-refractivity contribution in [3.8, 4) is 0 Å². The Balaban J connectivity index is 2.38. The Kier molecular flexibility index (Phi) is 4.59. The molecule has 21 heavy (non-hydrogen) atoms. The highest BCUT2D eigenvalue weighted by atomic mass is 35.5. The molecule has 2 N–H and O–H groups in total. The number of aryl methyl sites for hydroxylation is 1. The van der Waals surface area contributed by atoms with Gasteiger partial charge in [0.1, 0.15) is 0 Å². The average molecular weight is 325 g/mol. The van der Waals surface area contributed by atoms with Crippen LogP contribution in [0, 0.1) is 17.0 Å². The van der Waals surface area contributed by atoms with Gasteiger partial charge in [-0.15, -0.1) is 0 Å². The third-order valence-electron chi connectivity index (χ3n) is 3.01. The average Bonchev–Trinajstić information content (AvgIpc) is 2.40. The molecule has 0 aliphatic rings. The topological polar surface area (TPSA) is 86.2 Å². The smallest absolute Gasteiger partial charge is 0.275 e. The standard InChI is InChI=1S/C14H13ClN2O3S/c1-9-7-10(16)5-6-14(9)21(20)8-11-12(15)3-2-4-13(11)17(18)19/h2-7H,8,16H2,1H3. The monoisotopic (exact) mass is 324 g/mol. The summed E-state index contributed by atoms with van der Waals surface area (Å²) in [4.78, 5) is 11.1. The fraction of sp³-hybridized carbons (Fsp3) is 0.143. The number of benzene rings is 2. The molecule has 110 valence electrons. The minimum absolute atomic E-state index is 0.0132. The van der Waals surface area contributed by atoms with Crippen LogP contribution in [-0.4, -0.2) is 9.13 Å². The van der Waals surface area contributed by atoms with E-state index in [9.17, 15) is 14.3 Å². The van der Waals surface area contributed by atoms with Crippen LogP contribution >= 0.6 is 11.6 Å². The summed E-state index contributed by atoms with van der Waals surface area (Å²) in [5.74, 6) is -0.0132. The second kappa shape index (κ2) is 6.24. The first-order valence-corrected chi connectivity index (χ1v) is 7.76. The highest BCUT2D eigenvalue weighted by Gasteiger charge is 2.20. The minimum Gasteiger partial charge on any atom is -0.399 e. The number of nitro groups is 1. The van der Waals surface area contributed by atoms with Crippen LogP contribution in [-0.2, 0) is 16.6 Å². The molecule has 1 unspecified atom stereocenters. The first-order chi connectivity index (χ1) is 9.90. The van der Waals surface area contributed by atoms with Gasteiger partial charge in [-0.2, -0.15) is 0 Å². The Labute approximate surface area is 129 Å². The van der Waals surface area contributed by atoms with Crippen molar-refractivity contribution < 1.29 is 9.13 Å². The number of nitrogens with two attached hydrogens (primary N) is 1. The molecule has 0 amide bonds. The van der Waals surface area contributed by atoms with Crippen molar-refractivity contribution in [3.63, 3.8) is 0 Å². The first kappa shape index (κ1) is 15.5. The zero-order chi connectivity index (χ0) is 15.6. The maximum absolute atomic E-state index is 12.5. The van der Waals surface area contributed by atoms with E-state index in [2.05, 4.69) is 0 Å². The largest absolute Gasteiger partial charge is 0.399 e. The molecular weight excluding hydrogens is 312 g/mol. The number of hydrogen-bond acceptors (Lipinski definition) is 4. The highest BCUT2D eigenvalue weighted by Crippen LogP contribution is 2.29. The second-order valence-electron chi connectivity index (χ2n) is 4.51. The van der Waals surface area contributed by atoms with Gasteiger partial charge in [-0.1, -0.05) is 17.7 Å². The molecule has 0 saturated carbocycles. The van der Waals surface area contributed by atoms with E-state index in [0.29, 0.717) is 10.6 Å². The van der Waals surface area contributed by atoms with Gasteiger partial charge >= 0.3 is 0 Å². The lowest BCUT2D eigenvalue weighted by Gasteiger charge is -2.08. The molecule has 2 rings (SSSR count). The molecule has 0 aromatic heterocycles. The predicted molar refractivity (Wildman–Crippen MR) is 83.8 cm³/mol. The molecule has 2 aromatic carbocycles. The zero-order valence-corrected chi connectivity index (χ0v) is 12.8. The summed E-state index contributed by atoms with van der Waals surface area (Å²) >= 11 is 6.01. The van der Waals surface area contributed by atoms with Crippen molar-refractivity contribution in [2.75, 3.05) is 5.73 Å². The quantitative estimate of drug-likeness (QED) is 0.530. The molecular formula is C14H13ClN2O3S. The number of rotatable bonds is 4. The van der Waals surface area contributed by atoms with E-state index in [1.165, 1.54) is 12.1 Å². The summed E-state index contributed by atoms with van der Waals surface area (Å²) in [5, 5.41) is 11.3. The number of nitrogen functional groups attached to an aromatic ring is 1. The zero-order valence-electron chi connectivity index (χ0n) is 11.2. The van der Waals surface area contributed by atoms with E-state index < -0.39 is 15.7 Å². The van der Waals surface area contributed by atoms with Crippen LogP contribution in [0.4, 0.5) is 11.4 Å². The lowest BCUT2D eigenvalue weighted by atomic mass is 10.2. The van der Waals surface area contributed by atoms with Gasteiger partial charge in [-0.3, -0.25) is 14.3 Å². The van der Waals surface area contributed by atoms with Crippen molar-refractivity contribution in [2.24, 2.45) is 0 Å². The number of anilines is 1. The molecule has 0 spiro atoms. The van der Waals surface area contributed by atoms with Crippen LogP contribution in [0.25, 0.3) is 0 Å². The maximum atomic E-state index is 12.5. The summed E-state index contributed by atoms with van der Waals surface area (Å²) in [6, 6.07) is 9.45. The van der Waals surface area contributed by atoms with E-state index in [0.717, 1.165) is 5.56 Å². The molecule has 2 aromatic rings. The van der Waals surface area contributed by atoms with Crippen LogP contribution in [0.5, 0.6) is 0 Å². The summed E-state index contributed by atoms with van der Waals surface area (Å²) in [5.41, 5.74) is 7.18. The Morgan fingerprint density at radius 3 is 2.67 bits per heavy atom. The Bertz CT molecular complexity index is 734. The van der Waals surface area contributed by atoms with Crippen molar-refractivity contribution in [3.05, 3.63) is 62.7 Å². The van der Waals surface area contributed by atoms with E-state index in [1.54, 1.807) is 31.2 Å². The summed E-state index contributed by atoms with van der Waals surface area (Å²) < 4.78 is 12.5. The fourth-order valence-corrected chi connectivity index (χ4v) is 3.67. The second-order valence-corrected chi connectivity index (χ2v) is 6.34. The Morgan fingerprint density at radius 1 is 1.33 bits per heavy atom. The SMILES string of the molecule is Cc1cc(N)ccc1S(=O)Cc1c(Cl)cccc1[N+](=O)[O-]. The summed E-state index contributed by atoms with van der Waals surface area (Å²) in [7, 11) is -1.44. The molecule has 0 saturated heterocycles. The summed E-state index contributed by atoms with van der Waals surface area (Å²) in [6.45, 7) is 1.80. The van der Waals surface area contributed by atoms with E-state index in [4.69, 9.17) is 17.3 Å². The lowest BCUT2D eigenvalue weighted by molar-refractivity contribution is -0.385. The molecule has 5 nitrogen and oxygen atoms in total. The number of nitro benzene ring substituents is 1. The van der Waals surface area contributed by atoms with Gasteiger partial charge in [0.05, 0.1) is 32.1 Å². The van der Waals surface area contributed by atoms with Gasteiger partial charge < -0.3 is 5.73 Å². The number of nitrogens with zero attached hydrogens (tertiary/aromatic N) is 1. The molecule has 0 radical (unpaired) electrons. The molecule has 0 aliphatic heterocycles. The normalized spacial score (nSPS) is 12.1. The van der Waals surface area contributed by atoms with Crippen LogP contribution < -0.4 is 5.73 Å². The van der Waals surface area contributed by atoms with Gasteiger partial charge in [0.25, 0.3) is 5.69 Å². The maximum Gasteiger partial charge on any atom is 0.275 e. The fourth-order valence-electron chi connectivity index (χ4n) is 2.00. The van der Waals surface area contributed by atoms with Crippen LogP contribution in [0.3, 0.4) is 0 Å². The van der Waals surface area contributed by atoms with Gasteiger partial charge in [0.15, 0.2) is 0 Å². The van der Waals surface area contributed by atoms with Crippen LogP contribution in [0.2, 0.25) is 5.02 Å². The highest BCUT2D eigenvalue weighted by molar-refractivity contribution is 7.84. The molecule has 0 bridgehead atoms. The van der Waals surface area contributed by atoms with E-state index in [-0.39, 0.29) is 22.0 Å². The Hall–Kier alpha value is -1.92. The molecule has 0 heterocycles. The molecule has 0 fully saturated rings. The van der Waals surface area contributed by atoms with E-state index in [1.807, 2.05) is 0 Å². The first-order valence-electron chi connectivity index (χ1n) is 6.06. The van der Waals surface area contributed by atoms with Gasteiger partial charge in [0, 0.05) is 16.6 Å². The third kappa shape index (κ3) is 3.40. The van der Waals surface area contributed by atoms with Crippen molar-refractivity contribution in [2.45, 2.75) is 17.6 Å². The Morgan fingerprint density at radius 2 is 2.05 bits per heavy atom. The van der Waals surface area contributed by atoms with Gasteiger partial charge in [0.2, 0.25) is 0 Å². The molecule has 0 aliphatic carbocycles. The van der Waals surface area contributed by atoms with Crippen molar-refractivity contribution in [1.29, 1.82) is 0 Å². The van der Waals surface area contributed by atoms with Crippen molar-refractivity contribution in [1.82, 2.24) is 0 Å². The van der Waals surface area contributed by atoms with Gasteiger partial charge in [-0.25, -0.2) is 0 Å². The number of hydrogen-bond donors (Lipinski definition) is 1. The minimum atomic E-state index is -1.44. The third-order valence-corrected chi connectivity index (χ3v) is 4.86. The lowest BCUT2D eigenvalue weighted by Crippen LogP contribution is -2.03. The number of halogens is 1. The molecule has 1 atom stereocenters. The van der Waals surface area contributed by atoms with Crippen LogP contribution in [0.15, 0.2) is 41.3 Å². The van der Waals surface area contributed by atoms with Crippen LogP contribution in [0.1, 0.15) is 11.1 Å². The van der Waals surface area contributed by atoms with E-state index >= 15 is 0 Å². The predicted octanol–water partition coefficient (Wildman–Crippen LogP) is 3.45. The summed E-state index contributed by atoms with van der Waals surface area (Å²) in [6.07, 6.45) is 0. The van der Waals surface area contributed by atoms with Crippen molar-refractivity contribution >= 4 is 33.8 Å².